The minimum atomic E-state index is 0.570. The summed E-state index contributed by atoms with van der Waals surface area (Å²) in [6.07, 6.45) is 0. The largest absolute Gasteiger partial charge is 0.0610 e. The molecule has 0 saturated heterocycles. The van der Waals surface area contributed by atoms with Gasteiger partial charge >= 0.3 is 0 Å². The van der Waals surface area contributed by atoms with Crippen LogP contribution in [0.2, 0.25) is 0 Å². The van der Waals surface area contributed by atoms with Gasteiger partial charge < -0.3 is 0 Å². The molecule has 0 N–H and O–H groups in total. The lowest BCUT2D eigenvalue weighted by atomic mass is 9.91. The zero-order valence-corrected chi connectivity index (χ0v) is 16.0. The molecule has 3 rings (SSSR count). The molecule has 0 heterocycles. The van der Waals surface area contributed by atoms with Gasteiger partial charge in [-0.1, -0.05) is 94.4 Å². The van der Waals surface area contributed by atoms with Crippen LogP contribution in [-0.2, 0) is 0 Å². The van der Waals surface area contributed by atoms with Gasteiger partial charge in [0.05, 0.1) is 0 Å². The molecule has 0 bridgehead atoms. The van der Waals surface area contributed by atoms with E-state index in [-0.39, 0.29) is 0 Å². The topological polar surface area (TPSA) is 0 Å². The van der Waals surface area contributed by atoms with Crippen molar-refractivity contribution in [2.24, 2.45) is 0 Å². The van der Waals surface area contributed by atoms with Crippen molar-refractivity contribution in [2.45, 2.75) is 46.5 Å². The first-order valence-corrected chi connectivity index (χ1v) is 9.27. The third-order valence-corrected chi connectivity index (χ3v) is 5.11. The van der Waals surface area contributed by atoms with Crippen LogP contribution in [0.3, 0.4) is 0 Å². The van der Waals surface area contributed by atoms with E-state index in [9.17, 15) is 0 Å². The highest BCUT2D eigenvalue weighted by molar-refractivity contribution is 5.78. The Morgan fingerprint density at radius 1 is 0.520 bits per heavy atom. The van der Waals surface area contributed by atoms with Crippen LogP contribution in [0.15, 0.2) is 66.7 Å². The van der Waals surface area contributed by atoms with Gasteiger partial charge in [-0.15, -0.1) is 0 Å². The molecule has 0 heteroatoms. The fourth-order valence-corrected chi connectivity index (χ4v) is 3.36. The molecule has 25 heavy (non-hydrogen) atoms. The van der Waals surface area contributed by atoms with Crippen LogP contribution in [0.4, 0.5) is 0 Å². The summed E-state index contributed by atoms with van der Waals surface area (Å²) < 4.78 is 0. The summed E-state index contributed by atoms with van der Waals surface area (Å²) in [5, 5.41) is 0. The van der Waals surface area contributed by atoms with Gasteiger partial charge in [0.1, 0.15) is 0 Å². The van der Waals surface area contributed by atoms with Gasteiger partial charge in [0, 0.05) is 0 Å². The Kier molecular flexibility index (Phi) is 5.08. The maximum atomic E-state index is 2.25. The van der Waals surface area contributed by atoms with Gasteiger partial charge in [0.2, 0.25) is 0 Å². The quantitative estimate of drug-likeness (QED) is 0.463. The van der Waals surface area contributed by atoms with Crippen LogP contribution in [0, 0.1) is 6.92 Å². The zero-order valence-electron chi connectivity index (χ0n) is 16.0. The first-order chi connectivity index (χ1) is 12.0. The van der Waals surface area contributed by atoms with E-state index < -0.39 is 0 Å². The normalized spacial score (nSPS) is 11.3. The molecule has 0 fully saturated rings. The van der Waals surface area contributed by atoms with Gasteiger partial charge in [-0.3, -0.25) is 0 Å². The first kappa shape index (κ1) is 17.5. The summed E-state index contributed by atoms with van der Waals surface area (Å²) in [4.78, 5) is 0. The number of hydrogen-bond donors (Lipinski definition) is 0. The molecule has 3 aromatic carbocycles. The van der Waals surface area contributed by atoms with Crippen molar-refractivity contribution in [3.05, 3.63) is 83.4 Å². The molecule has 0 spiro atoms. The average molecular weight is 328 g/mol. The summed E-state index contributed by atoms with van der Waals surface area (Å²) >= 11 is 0. The number of hydrogen-bond acceptors (Lipinski definition) is 0. The van der Waals surface area contributed by atoms with Crippen molar-refractivity contribution in [2.75, 3.05) is 0 Å². The van der Waals surface area contributed by atoms with Crippen molar-refractivity contribution in [1.82, 2.24) is 0 Å². The second-order valence-electron chi connectivity index (χ2n) is 7.53. The molecule has 0 aliphatic carbocycles. The fraction of sp³-hybridized carbons (Fsp3) is 0.280. The van der Waals surface area contributed by atoms with E-state index >= 15 is 0 Å². The van der Waals surface area contributed by atoms with Gasteiger partial charge in [0.25, 0.3) is 0 Å². The maximum absolute atomic E-state index is 2.25. The number of rotatable bonds is 4. The summed E-state index contributed by atoms with van der Waals surface area (Å²) in [5.74, 6) is 1.14. The maximum Gasteiger partial charge on any atom is -0.0149 e. The van der Waals surface area contributed by atoms with Crippen LogP contribution in [0.25, 0.3) is 22.3 Å². The highest BCUT2D eigenvalue weighted by Crippen LogP contribution is 2.33. The van der Waals surface area contributed by atoms with Crippen LogP contribution in [0.5, 0.6) is 0 Å². The third-order valence-electron chi connectivity index (χ3n) is 5.11. The van der Waals surface area contributed by atoms with E-state index in [0.717, 1.165) is 0 Å². The van der Waals surface area contributed by atoms with Gasteiger partial charge in [0.15, 0.2) is 0 Å². The summed E-state index contributed by atoms with van der Waals surface area (Å²) in [6, 6.07) is 24.7. The molecule has 0 radical (unpaired) electrons. The van der Waals surface area contributed by atoms with E-state index in [0.29, 0.717) is 11.8 Å². The Hall–Kier alpha value is -2.34. The Labute approximate surface area is 152 Å². The Morgan fingerprint density at radius 2 is 0.880 bits per heavy atom. The average Bonchev–Trinajstić information content (AvgIpc) is 2.62. The second-order valence-corrected chi connectivity index (χ2v) is 7.53. The molecule has 0 nitrogen and oxygen atoms in total. The molecular formula is C25H28. The van der Waals surface area contributed by atoms with E-state index in [1.807, 2.05) is 0 Å². The molecule has 3 aromatic rings. The van der Waals surface area contributed by atoms with Gasteiger partial charge in [-0.05, 0) is 57.7 Å². The highest BCUT2D eigenvalue weighted by Gasteiger charge is 2.09. The Bertz CT molecular complexity index is 764. The molecule has 0 unspecified atom stereocenters. The molecule has 0 saturated carbocycles. The van der Waals surface area contributed by atoms with E-state index in [1.165, 1.54) is 38.9 Å². The van der Waals surface area contributed by atoms with Gasteiger partial charge in [-0.25, -0.2) is 0 Å². The van der Waals surface area contributed by atoms with Crippen molar-refractivity contribution in [1.29, 1.82) is 0 Å². The summed E-state index contributed by atoms with van der Waals surface area (Å²) in [7, 11) is 0. The minimum Gasteiger partial charge on any atom is -0.0610 e. The zero-order chi connectivity index (χ0) is 18.0. The van der Waals surface area contributed by atoms with Crippen LogP contribution in [-0.4, -0.2) is 0 Å². The van der Waals surface area contributed by atoms with Gasteiger partial charge in [-0.2, -0.15) is 0 Å². The summed E-state index contributed by atoms with van der Waals surface area (Å²) in [6.45, 7) is 11.2. The standard InChI is InChI=1S/C25H28/c1-17(2)20-9-13-22(14-10-20)24-7-6-8-25(19(24)5)23-15-11-21(12-16-23)18(3)4/h6-18H,1-5H3. The molecule has 0 aliphatic heterocycles. The molecular weight excluding hydrogens is 300 g/mol. The number of benzene rings is 3. The van der Waals surface area contributed by atoms with E-state index in [4.69, 9.17) is 0 Å². The van der Waals surface area contributed by atoms with E-state index in [2.05, 4.69) is 101 Å². The SMILES string of the molecule is Cc1c(-c2ccc(C(C)C)cc2)cccc1-c1ccc(C(C)C)cc1. The molecule has 128 valence electrons. The lowest BCUT2D eigenvalue weighted by Crippen LogP contribution is -1.91. The predicted octanol–water partition coefficient (Wildman–Crippen LogP) is 7.58. The fourth-order valence-electron chi connectivity index (χ4n) is 3.36. The highest BCUT2D eigenvalue weighted by atomic mass is 14.1. The molecule has 0 aliphatic rings. The second kappa shape index (κ2) is 7.27. The summed E-state index contributed by atoms with van der Waals surface area (Å²) in [5.41, 5.74) is 9.35. The Balaban J connectivity index is 1.99. The third kappa shape index (κ3) is 3.69. The van der Waals surface area contributed by atoms with Crippen molar-refractivity contribution >= 4 is 0 Å². The molecule has 0 atom stereocenters. The minimum absolute atomic E-state index is 0.570. The van der Waals surface area contributed by atoms with Crippen LogP contribution in [0.1, 0.15) is 56.2 Å². The van der Waals surface area contributed by atoms with Crippen molar-refractivity contribution in [3.8, 4) is 22.3 Å². The van der Waals surface area contributed by atoms with Crippen molar-refractivity contribution in [3.63, 3.8) is 0 Å². The van der Waals surface area contributed by atoms with E-state index in [1.54, 1.807) is 0 Å². The van der Waals surface area contributed by atoms with Crippen LogP contribution < -0.4 is 0 Å². The monoisotopic (exact) mass is 328 g/mol. The Morgan fingerprint density at radius 3 is 1.20 bits per heavy atom. The molecule has 0 aromatic heterocycles. The predicted molar refractivity (Wildman–Crippen MR) is 110 cm³/mol. The smallest absolute Gasteiger partial charge is 0.0149 e. The lowest BCUT2D eigenvalue weighted by molar-refractivity contribution is 0.867. The molecule has 0 amide bonds. The first-order valence-electron chi connectivity index (χ1n) is 9.27. The van der Waals surface area contributed by atoms with Crippen LogP contribution >= 0.6 is 0 Å². The van der Waals surface area contributed by atoms with Crippen molar-refractivity contribution < 1.29 is 0 Å². The lowest BCUT2D eigenvalue weighted by Gasteiger charge is -2.14.